The fraction of sp³-hybridized carbons (Fsp3) is 0.308. The number of aromatic carboxylic acids is 1. The van der Waals surface area contributed by atoms with Gasteiger partial charge in [0.15, 0.2) is 0 Å². The van der Waals surface area contributed by atoms with Gasteiger partial charge in [0.1, 0.15) is 0 Å². The molecule has 1 aliphatic rings. The van der Waals surface area contributed by atoms with Crippen LogP contribution in [0.5, 0.6) is 0 Å². The molecule has 0 amide bonds. The van der Waals surface area contributed by atoms with Gasteiger partial charge < -0.3 is 5.11 Å². The third kappa shape index (κ3) is 5.52. The average molecular weight is 435 g/mol. The molecule has 1 aliphatic heterocycles. The Labute approximate surface area is 188 Å². The van der Waals surface area contributed by atoms with Crippen molar-refractivity contribution in [3.05, 3.63) is 99.8 Å². The molecular weight excluding hydrogens is 408 g/mol. The second-order valence-corrected chi connectivity index (χ2v) is 8.57. The number of carbonyl (C=O) groups is 1. The molecule has 1 saturated heterocycles. The predicted molar refractivity (Wildman–Crippen MR) is 124 cm³/mol. The number of carboxylic acids is 1. The first-order valence-corrected chi connectivity index (χ1v) is 11.2. The van der Waals surface area contributed by atoms with Crippen molar-refractivity contribution >= 4 is 17.6 Å². The summed E-state index contributed by atoms with van der Waals surface area (Å²) < 4.78 is 0. The summed E-state index contributed by atoms with van der Waals surface area (Å²) in [7, 11) is 0. The van der Waals surface area contributed by atoms with Crippen molar-refractivity contribution < 1.29 is 9.90 Å². The van der Waals surface area contributed by atoms with E-state index in [-0.39, 0.29) is 6.04 Å². The second kappa shape index (κ2) is 10.1. The molecule has 1 fully saturated rings. The molecule has 31 heavy (non-hydrogen) atoms. The molecule has 1 unspecified atom stereocenters. The first-order valence-electron chi connectivity index (χ1n) is 10.9. The van der Waals surface area contributed by atoms with E-state index >= 15 is 0 Å². The van der Waals surface area contributed by atoms with Crippen molar-refractivity contribution in [1.29, 1.82) is 0 Å². The van der Waals surface area contributed by atoms with Crippen LogP contribution in [0.1, 0.15) is 58.2 Å². The van der Waals surface area contributed by atoms with Gasteiger partial charge >= 0.3 is 5.97 Å². The summed E-state index contributed by atoms with van der Waals surface area (Å²) >= 11 is 6.02. The number of likely N-dealkylation sites (tertiary alicyclic amines) is 1. The van der Waals surface area contributed by atoms with Gasteiger partial charge in [0.05, 0.1) is 23.0 Å². The Kier molecular flexibility index (Phi) is 7.00. The van der Waals surface area contributed by atoms with Crippen LogP contribution in [0.25, 0.3) is 0 Å². The maximum Gasteiger partial charge on any atom is 0.337 e. The molecule has 2 heterocycles. The minimum absolute atomic E-state index is 0.214. The predicted octanol–water partition coefficient (Wildman–Crippen LogP) is 5.95. The van der Waals surface area contributed by atoms with E-state index in [0.717, 1.165) is 49.5 Å². The lowest BCUT2D eigenvalue weighted by molar-refractivity contribution is 0.0695. The van der Waals surface area contributed by atoms with Crippen molar-refractivity contribution in [2.75, 3.05) is 6.54 Å². The van der Waals surface area contributed by atoms with E-state index in [9.17, 15) is 9.90 Å². The van der Waals surface area contributed by atoms with Crippen LogP contribution >= 0.6 is 11.6 Å². The quantitative estimate of drug-likeness (QED) is 0.476. The number of rotatable bonds is 8. The molecule has 1 atom stereocenters. The van der Waals surface area contributed by atoms with Crippen LogP contribution in [-0.2, 0) is 19.4 Å². The highest BCUT2D eigenvalue weighted by Crippen LogP contribution is 2.33. The van der Waals surface area contributed by atoms with E-state index in [0.29, 0.717) is 17.7 Å². The van der Waals surface area contributed by atoms with Gasteiger partial charge in [-0.15, -0.1) is 0 Å². The smallest absolute Gasteiger partial charge is 0.337 e. The van der Waals surface area contributed by atoms with Crippen LogP contribution in [-0.4, -0.2) is 27.5 Å². The van der Waals surface area contributed by atoms with Crippen molar-refractivity contribution in [3.8, 4) is 0 Å². The fourth-order valence-corrected chi connectivity index (χ4v) is 4.49. The van der Waals surface area contributed by atoms with Gasteiger partial charge in [0.2, 0.25) is 0 Å². The normalized spacial score (nSPS) is 16.5. The van der Waals surface area contributed by atoms with Crippen molar-refractivity contribution in [3.63, 3.8) is 0 Å². The molecule has 4 nitrogen and oxygen atoms in total. The van der Waals surface area contributed by atoms with E-state index in [4.69, 9.17) is 16.6 Å². The molecule has 0 aliphatic carbocycles. The summed E-state index contributed by atoms with van der Waals surface area (Å²) in [6.45, 7) is 1.85. The van der Waals surface area contributed by atoms with Gasteiger partial charge in [0, 0.05) is 11.6 Å². The highest BCUT2D eigenvalue weighted by atomic mass is 35.5. The standard InChI is InChI=1S/C26H27ClN2O2/c27-21-13-11-20(12-14-21)18-29-17-5-10-25(29)24-16-15-22(26(30)31)23(28-24)9-4-8-19-6-2-1-3-7-19/h1-3,6-7,11-16,25H,4-5,8-10,17-18H2,(H,30,31). The Morgan fingerprint density at radius 1 is 1.00 bits per heavy atom. The van der Waals surface area contributed by atoms with E-state index < -0.39 is 5.97 Å². The number of hydrogen-bond donors (Lipinski definition) is 1. The monoisotopic (exact) mass is 434 g/mol. The highest BCUT2D eigenvalue weighted by molar-refractivity contribution is 6.30. The lowest BCUT2D eigenvalue weighted by Gasteiger charge is -2.25. The Bertz CT molecular complexity index is 1020. The summed E-state index contributed by atoms with van der Waals surface area (Å²) in [5.41, 5.74) is 4.48. The van der Waals surface area contributed by atoms with Crippen LogP contribution in [0.2, 0.25) is 5.02 Å². The lowest BCUT2D eigenvalue weighted by atomic mass is 10.0. The number of pyridine rings is 1. The summed E-state index contributed by atoms with van der Waals surface area (Å²) in [6, 6.07) is 22.1. The molecule has 3 aromatic rings. The number of hydrogen-bond acceptors (Lipinski definition) is 3. The number of benzene rings is 2. The Balaban J connectivity index is 1.49. The molecule has 1 aromatic heterocycles. The third-order valence-corrected chi connectivity index (χ3v) is 6.20. The fourth-order valence-electron chi connectivity index (χ4n) is 4.37. The molecule has 2 aromatic carbocycles. The molecule has 5 heteroatoms. The Hall–Kier alpha value is -2.69. The topological polar surface area (TPSA) is 53.4 Å². The minimum Gasteiger partial charge on any atom is -0.478 e. The van der Waals surface area contributed by atoms with Crippen LogP contribution in [0.15, 0.2) is 66.7 Å². The van der Waals surface area contributed by atoms with Gasteiger partial charge in [-0.25, -0.2) is 4.79 Å². The zero-order chi connectivity index (χ0) is 21.6. The van der Waals surface area contributed by atoms with Crippen molar-refractivity contribution in [2.24, 2.45) is 0 Å². The lowest BCUT2D eigenvalue weighted by Crippen LogP contribution is -2.24. The van der Waals surface area contributed by atoms with Crippen molar-refractivity contribution in [1.82, 2.24) is 9.88 Å². The van der Waals surface area contributed by atoms with E-state index in [1.807, 2.05) is 36.4 Å². The van der Waals surface area contributed by atoms with Gasteiger partial charge in [-0.2, -0.15) is 0 Å². The van der Waals surface area contributed by atoms with E-state index in [2.05, 4.69) is 29.2 Å². The molecule has 4 rings (SSSR count). The summed E-state index contributed by atoms with van der Waals surface area (Å²) in [5, 5.41) is 10.4. The van der Waals surface area contributed by atoms with Gasteiger partial charge in [-0.1, -0.05) is 54.1 Å². The molecule has 160 valence electrons. The van der Waals surface area contributed by atoms with Crippen LogP contribution < -0.4 is 0 Å². The highest BCUT2D eigenvalue weighted by Gasteiger charge is 2.28. The van der Waals surface area contributed by atoms with Crippen LogP contribution in [0.4, 0.5) is 0 Å². The number of nitrogens with zero attached hydrogens (tertiary/aromatic N) is 2. The van der Waals surface area contributed by atoms with E-state index in [1.165, 1.54) is 11.1 Å². The van der Waals surface area contributed by atoms with Gasteiger partial charge in [-0.05, 0) is 74.0 Å². The molecule has 0 spiro atoms. The first-order chi connectivity index (χ1) is 15.1. The average Bonchev–Trinajstić information content (AvgIpc) is 3.24. The van der Waals surface area contributed by atoms with Crippen molar-refractivity contribution in [2.45, 2.75) is 44.7 Å². The molecule has 0 bridgehead atoms. The number of aromatic nitrogens is 1. The number of halogens is 1. The largest absolute Gasteiger partial charge is 0.478 e. The van der Waals surface area contributed by atoms with Crippen LogP contribution in [0.3, 0.4) is 0 Å². The Morgan fingerprint density at radius 2 is 1.77 bits per heavy atom. The zero-order valence-corrected chi connectivity index (χ0v) is 18.3. The van der Waals surface area contributed by atoms with Gasteiger partial charge in [0.25, 0.3) is 0 Å². The van der Waals surface area contributed by atoms with Crippen LogP contribution in [0, 0.1) is 0 Å². The minimum atomic E-state index is -0.904. The maximum absolute atomic E-state index is 11.8. The molecule has 0 radical (unpaired) electrons. The maximum atomic E-state index is 11.8. The number of aryl methyl sites for hydroxylation is 2. The van der Waals surface area contributed by atoms with E-state index in [1.54, 1.807) is 6.07 Å². The molecular formula is C26H27ClN2O2. The summed E-state index contributed by atoms with van der Waals surface area (Å²) in [4.78, 5) is 19.1. The zero-order valence-electron chi connectivity index (χ0n) is 17.5. The molecule has 1 N–H and O–H groups in total. The van der Waals surface area contributed by atoms with Gasteiger partial charge in [-0.3, -0.25) is 9.88 Å². The molecule has 0 saturated carbocycles. The Morgan fingerprint density at radius 3 is 2.52 bits per heavy atom. The first kappa shape index (κ1) is 21.5. The third-order valence-electron chi connectivity index (χ3n) is 5.95. The number of carboxylic acid groups (broad SMARTS) is 1. The second-order valence-electron chi connectivity index (χ2n) is 8.13. The SMILES string of the molecule is O=C(O)c1ccc(C2CCCN2Cc2ccc(Cl)cc2)nc1CCCc1ccccc1. The summed E-state index contributed by atoms with van der Waals surface area (Å²) in [5.74, 6) is -0.904. The summed E-state index contributed by atoms with van der Waals surface area (Å²) in [6.07, 6.45) is 4.60.